The van der Waals surface area contributed by atoms with E-state index in [1.54, 1.807) is 17.6 Å². The first-order valence-electron chi connectivity index (χ1n) is 10.2. The average molecular weight is 468 g/mol. The van der Waals surface area contributed by atoms with E-state index in [0.717, 1.165) is 5.56 Å². The van der Waals surface area contributed by atoms with Gasteiger partial charge < -0.3 is 14.6 Å². The Morgan fingerprint density at radius 3 is 2.69 bits per heavy atom. The topological polar surface area (TPSA) is 76.2 Å². The van der Waals surface area contributed by atoms with Crippen molar-refractivity contribution in [3.8, 4) is 11.6 Å². The van der Waals surface area contributed by atoms with Crippen molar-refractivity contribution in [3.63, 3.8) is 0 Å². The Balaban J connectivity index is 1.43. The molecule has 0 radical (unpaired) electrons. The second-order valence-corrected chi connectivity index (χ2v) is 9.36. The van der Waals surface area contributed by atoms with Crippen molar-refractivity contribution in [1.29, 1.82) is 0 Å². The number of amides is 1. The van der Waals surface area contributed by atoms with Gasteiger partial charge in [-0.2, -0.15) is 0 Å². The third-order valence-electron chi connectivity index (χ3n) is 4.96. The second kappa shape index (κ2) is 10.6. The van der Waals surface area contributed by atoms with Gasteiger partial charge in [0, 0.05) is 11.4 Å². The number of thioether (sulfide) groups is 1. The number of hydrogen-bond acceptors (Lipinski definition) is 7. The third-order valence-corrected chi connectivity index (χ3v) is 6.90. The van der Waals surface area contributed by atoms with Crippen LogP contribution in [-0.4, -0.2) is 52.0 Å². The van der Waals surface area contributed by atoms with Crippen LogP contribution in [0.15, 0.2) is 75.8 Å². The monoisotopic (exact) mass is 467 g/mol. The van der Waals surface area contributed by atoms with E-state index >= 15 is 0 Å². The van der Waals surface area contributed by atoms with E-state index in [9.17, 15) is 4.79 Å². The number of hydrogen-bond donors (Lipinski definition) is 1. The Kier molecular flexibility index (Phi) is 7.41. The maximum atomic E-state index is 12.6. The van der Waals surface area contributed by atoms with Crippen molar-refractivity contribution >= 4 is 29.0 Å². The minimum Gasteiger partial charge on any atom is -0.461 e. The number of carbonyl (C=O) groups excluding carboxylic acids is 1. The summed E-state index contributed by atoms with van der Waals surface area (Å²) < 4.78 is 7.53. The smallest absolute Gasteiger partial charge is 0.230 e. The van der Waals surface area contributed by atoms with Gasteiger partial charge in [-0.3, -0.25) is 9.36 Å². The van der Waals surface area contributed by atoms with Crippen LogP contribution in [0.1, 0.15) is 16.5 Å². The van der Waals surface area contributed by atoms with Crippen LogP contribution in [0.5, 0.6) is 0 Å². The lowest BCUT2D eigenvalue weighted by Crippen LogP contribution is -2.35. The highest BCUT2D eigenvalue weighted by atomic mass is 32.2. The number of nitrogens with zero attached hydrogens (tertiary/aromatic N) is 4. The molecule has 166 valence electrons. The first kappa shape index (κ1) is 22.3. The van der Waals surface area contributed by atoms with E-state index in [1.165, 1.54) is 16.6 Å². The van der Waals surface area contributed by atoms with Crippen LogP contribution in [0.3, 0.4) is 0 Å². The summed E-state index contributed by atoms with van der Waals surface area (Å²) in [5.74, 6) is 1.52. The predicted octanol–water partition coefficient (Wildman–Crippen LogP) is 4.16. The van der Waals surface area contributed by atoms with Gasteiger partial charge in [-0.15, -0.1) is 21.5 Å². The summed E-state index contributed by atoms with van der Waals surface area (Å²) in [4.78, 5) is 15.9. The molecular formula is C23H25N5O2S2. The number of likely N-dealkylation sites (N-methyl/N-ethyl adjacent to an activating group) is 1. The Bertz CT molecular complexity index is 1110. The van der Waals surface area contributed by atoms with Gasteiger partial charge in [0.15, 0.2) is 10.9 Å². The molecule has 1 unspecified atom stereocenters. The summed E-state index contributed by atoms with van der Waals surface area (Å²) in [5.41, 5.74) is 1.12. The van der Waals surface area contributed by atoms with Gasteiger partial charge in [-0.25, -0.2) is 0 Å². The lowest BCUT2D eigenvalue weighted by atomic mass is 10.2. The molecule has 0 bridgehead atoms. The quantitative estimate of drug-likeness (QED) is 0.353. The SMILES string of the molecule is CN(C)C(CNC(=O)CSc1nnc(-c2ccco2)n1Cc1ccccc1)c1cccs1. The maximum Gasteiger partial charge on any atom is 0.230 e. The molecule has 0 fully saturated rings. The molecule has 0 aliphatic carbocycles. The summed E-state index contributed by atoms with van der Waals surface area (Å²) in [5, 5.41) is 14.4. The Hall–Kier alpha value is -2.88. The van der Waals surface area contributed by atoms with Crippen molar-refractivity contribution < 1.29 is 9.21 Å². The molecule has 0 saturated heterocycles. The van der Waals surface area contributed by atoms with Crippen molar-refractivity contribution in [3.05, 3.63) is 76.7 Å². The summed E-state index contributed by atoms with van der Waals surface area (Å²) in [6.45, 7) is 1.15. The fraction of sp³-hybridized carbons (Fsp3) is 0.261. The normalized spacial score (nSPS) is 12.2. The van der Waals surface area contributed by atoms with Crippen molar-refractivity contribution in [1.82, 2.24) is 25.0 Å². The van der Waals surface area contributed by atoms with Gasteiger partial charge in [0.25, 0.3) is 0 Å². The second-order valence-electron chi connectivity index (χ2n) is 7.44. The summed E-state index contributed by atoms with van der Waals surface area (Å²) >= 11 is 3.07. The van der Waals surface area contributed by atoms with Crippen molar-refractivity contribution in [2.24, 2.45) is 0 Å². The Morgan fingerprint density at radius 2 is 2.00 bits per heavy atom. The predicted molar refractivity (Wildman–Crippen MR) is 128 cm³/mol. The van der Waals surface area contributed by atoms with Crippen LogP contribution in [0, 0.1) is 0 Å². The van der Waals surface area contributed by atoms with E-state index in [-0.39, 0.29) is 17.7 Å². The number of furan rings is 1. The fourth-order valence-electron chi connectivity index (χ4n) is 3.30. The molecule has 9 heteroatoms. The van der Waals surface area contributed by atoms with Gasteiger partial charge >= 0.3 is 0 Å². The van der Waals surface area contributed by atoms with Crippen LogP contribution >= 0.6 is 23.1 Å². The number of carbonyl (C=O) groups is 1. The van der Waals surface area contributed by atoms with Crippen molar-refractivity contribution in [2.45, 2.75) is 17.7 Å². The van der Waals surface area contributed by atoms with E-state index in [4.69, 9.17) is 4.42 Å². The molecule has 0 aliphatic rings. The number of rotatable bonds is 10. The van der Waals surface area contributed by atoms with E-state index in [0.29, 0.717) is 29.8 Å². The van der Waals surface area contributed by atoms with Crippen LogP contribution in [0.4, 0.5) is 0 Å². The lowest BCUT2D eigenvalue weighted by molar-refractivity contribution is -0.118. The van der Waals surface area contributed by atoms with Gasteiger partial charge in [-0.1, -0.05) is 48.2 Å². The zero-order valence-corrected chi connectivity index (χ0v) is 19.6. The lowest BCUT2D eigenvalue weighted by Gasteiger charge is -2.23. The number of benzene rings is 1. The fourth-order valence-corrected chi connectivity index (χ4v) is 4.99. The van der Waals surface area contributed by atoms with Crippen LogP contribution in [0.25, 0.3) is 11.6 Å². The molecule has 1 amide bonds. The van der Waals surface area contributed by atoms with E-state index in [1.807, 2.05) is 55.1 Å². The first-order valence-corrected chi connectivity index (χ1v) is 12.1. The minimum absolute atomic E-state index is 0.0350. The van der Waals surface area contributed by atoms with Gasteiger partial charge in [0.2, 0.25) is 11.7 Å². The van der Waals surface area contributed by atoms with Gasteiger partial charge in [0.1, 0.15) is 0 Å². The molecule has 32 heavy (non-hydrogen) atoms. The van der Waals surface area contributed by atoms with Gasteiger partial charge in [0.05, 0.1) is 24.6 Å². The summed E-state index contributed by atoms with van der Waals surface area (Å²) in [7, 11) is 4.04. The molecule has 7 nitrogen and oxygen atoms in total. The largest absolute Gasteiger partial charge is 0.461 e. The minimum atomic E-state index is -0.0350. The first-order chi connectivity index (χ1) is 15.6. The standard InChI is InChI=1S/C23H25N5O2S2/c1-27(2)18(20-11-7-13-31-20)14-24-21(29)16-32-23-26-25-22(19-10-6-12-30-19)28(23)15-17-8-4-3-5-9-17/h3-13,18H,14-16H2,1-2H3,(H,24,29). The number of nitrogens with one attached hydrogen (secondary N) is 1. The molecule has 1 aromatic carbocycles. The molecule has 1 atom stereocenters. The Labute approximate surface area is 195 Å². The molecule has 3 aromatic heterocycles. The summed E-state index contributed by atoms with van der Waals surface area (Å²) in [6, 6.07) is 18.1. The van der Waals surface area contributed by atoms with E-state index in [2.05, 4.69) is 44.0 Å². The highest BCUT2D eigenvalue weighted by Gasteiger charge is 2.19. The van der Waals surface area contributed by atoms with Crippen LogP contribution in [0.2, 0.25) is 0 Å². The van der Waals surface area contributed by atoms with E-state index < -0.39 is 0 Å². The molecule has 0 aliphatic heterocycles. The molecule has 0 saturated carbocycles. The molecule has 1 N–H and O–H groups in total. The Morgan fingerprint density at radius 1 is 1.16 bits per heavy atom. The molecule has 4 aromatic rings. The molecule has 4 rings (SSSR count). The zero-order valence-electron chi connectivity index (χ0n) is 18.0. The number of aromatic nitrogens is 3. The maximum absolute atomic E-state index is 12.6. The molecular weight excluding hydrogens is 442 g/mol. The van der Waals surface area contributed by atoms with Gasteiger partial charge in [-0.05, 0) is 43.2 Å². The zero-order chi connectivity index (χ0) is 22.3. The molecule has 0 spiro atoms. The van der Waals surface area contributed by atoms with Crippen molar-refractivity contribution in [2.75, 3.05) is 26.4 Å². The highest BCUT2D eigenvalue weighted by molar-refractivity contribution is 7.99. The van der Waals surface area contributed by atoms with Crippen LogP contribution < -0.4 is 5.32 Å². The highest BCUT2D eigenvalue weighted by Crippen LogP contribution is 2.26. The average Bonchev–Trinajstić information content (AvgIpc) is 3.55. The summed E-state index contributed by atoms with van der Waals surface area (Å²) in [6.07, 6.45) is 1.62. The third kappa shape index (κ3) is 5.48. The number of thiophene rings is 1. The molecule has 3 heterocycles. The van der Waals surface area contributed by atoms with Crippen LogP contribution in [-0.2, 0) is 11.3 Å².